The lowest BCUT2D eigenvalue weighted by Crippen LogP contribution is -2.32. The number of fused-ring (bicyclic) bond motifs is 4. The summed E-state index contributed by atoms with van der Waals surface area (Å²) in [6.07, 6.45) is 1.93. The number of hydrogen-bond acceptors (Lipinski definition) is 13. The van der Waals surface area contributed by atoms with Crippen LogP contribution in [0.1, 0.15) is 34.8 Å². The van der Waals surface area contributed by atoms with Gasteiger partial charge in [0.25, 0.3) is 0 Å². The second-order valence-electron chi connectivity index (χ2n) is 10.8. The van der Waals surface area contributed by atoms with Crippen molar-refractivity contribution in [2.45, 2.75) is 39.1 Å². The zero-order chi connectivity index (χ0) is 30.0. The van der Waals surface area contributed by atoms with Crippen LogP contribution in [-0.2, 0) is 24.5 Å². The van der Waals surface area contributed by atoms with Crippen LogP contribution >= 0.6 is 11.3 Å². The van der Waals surface area contributed by atoms with E-state index in [4.69, 9.17) is 25.0 Å². The first kappa shape index (κ1) is 27.3. The number of nitrogen functional groups attached to an aromatic ring is 1. The average molecular weight is 605 g/mol. The highest BCUT2D eigenvalue weighted by Crippen LogP contribution is 2.46. The molecule has 43 heavy (non-hydrogen) atoms. The molecule has 15 heteroatoms. The number of thiophene rings is 1. The van der Waals surface area contributed by atoms with Crippen molar-refractivity contribution in [3.8, 4) is 17.3 Å². The number of anilines is 3. The zero-order valence-electron chi connectivity index (χ0n) is 23.5. The molecule has 1 atom stereocenters. The number of halogens is 2. The quantitative estimate of drug-likeness (QED) is 0.286. The molecule has 1 fully saturated rings. The second-order valence-corrected chi connectivity index (χ2v) is 11.8. The predicted molar refractivity (Wildman–Crippen MR) is 156 cm³/mol. The molecule has 12 nitrogen and oxygen atoms in total. The number of likely N-dealkylation sites (N-methyl/N-ethyl adjacent to an activating group) is 1. The van der Waals surface area contributed by atoms with E-state index in [9.17, 15) is 9.65 Å². The first-order valence-corrected chi connectivity index (χ1v) is 14.4. The molecule has 1 saturated heterocycles. The van der Waals surface area contributed by atoms with Gasteiger partial charge >= 0.3 is 0 Å². The lowest BCUT2D eigenvalue weighted by Gasteiger charge is -2.22. The van der Waals surface area contributed by atoms with Gasteiger partial charge in [0.2, 0.25) is 11.8 Å². The molecule has 0 spiro atoms. The Morgan fingerprint density at radius 2 is 2.02 bits per heavy atom. The van der Waals surface area contributed by atoms with Gasteiger partial charge in [0, 0.05) is 37.0 Å². The number of hydrogen-bond donors (Lipinski definition) is 2. The molecule has 1 aromatic carbocycles. The number of ether oxygens (including phenoxy) is 1. The predicted octanol–water partition coefficient (Wildman–Crippen LogP) is 4.11. The van der Waals surface area contributed by atoms with Crippen molar-refractivity contribution in [2.24, 2.45) is 0 Å². The van der Waals surface area contributed by atoms with E-state index in [2.05, 4.69) is 25.3 Å². The third-order valence-electron chi connectivity index (χ3n) is 7.99. The van der Waals surface area contributed by atoms with Crippen molar-refractivity contribution in [3.63, 3.8) is 0 Å². The molecule has 4 aromatic heterocycles. The van der Waals surface area contributed by atoms with E-state index in [-0.39, 0.29) is 63.2 Å². The van der Waals surface area contributed by atoms with Crippen LogP contribution in [0.5, 0.6) is 0 Å². The van der Waals surface area contributed by atoms with Gasteiger partial charge in [-0.25, -0.2) is 13.8 Å². The molecule has 7 rings (SSSR count). The van der Waals surface area contributed by atoms with Gasteiger partial charge in [-0.3, -0.25) is 4.98 Å². The maximum Gasteiger partial charge on any atom is 0.228 e. The zero-order valence-corrected chi connectivity index (χ0v) is 24.3. The molecular formula is C28H26F2N10O2S. The number of rotatable bonds is 6. The second kappa shape index (κ2) is 10.3. The van der Waals surface area contributed by atoms with Crippen LogP contribution in [0, 0.1) is 29.9 Å². The molecule has 3 N–H and O–H groups in total. The fourth-order valence-electron chi connectivity index (χ4n) is 5.84. The molecule has 0 amide bonds. The largest absolute Gasteiger partial charge is 0.389 e. The van der Waals surface area contributed by atoms with Gasteiger partial charge < -0.3 is 30.1 Å². The highest BCUT2D eigenvalue weighted by atomic mass is 32.1. The third-order valence-corrected chi connectivity index (χ3v) is 9.02. The maximum atomic E-state index is 17.0. The van der Waals surface area contributed by atoms with E-state index in [1.807, 2.05) is 25.1 Å². The molecule has 220 valence electrons. The van der Waals surface area contributed by atoms with Gasteiger partial charge in [0.05, 0.1) is 47.3 Å². The van der Waals surface area contributed by atoms with Crippen molar-refractivity contribution < 1.29 is 18.0 Å². The standard InChI is InChI=1S/C28H26F2N10O2S/c1-12-35-18(38-42-12)8-34-27-21-16-11-41-10-15(16)19(23-20-14(6-31)26(32)43-25(20)17(29)7-33-23)22(30)24(21)36-28(37-27)40-5-4-13(9-40)39(2)3/h7,13H,4-5,8-11,32H2,1-3H3,(H,34,36,37). The minimum atomic E-state index is -0.668. The van der Waals surface area contributed by atoms with Gasteiger partial charge in [-0.2, -0.15) is 15.2 Å². The van der Waals surface area contributed by atoms with Crippen LogP contribution in [0.4, 0.5) is 25.5 Å². The normalized spacial score (nSPS) is 16.5. The number of aryl methyl sites for hydroxylation is 1. The van der Waals surface area contributed by atoms with E-state index in [1.54, 1.807) is 6.92 Å². The third kappa shape index (κ3) is 4.41. The summed E-state index contributed by atoms with van der Waals surface area (Å²) in [6, 6.07) is 2.33. The summed E-state index contributed by atoms with van der Waals surface area (Å²) in [5, 5.41) is 17.9. The summed E-state index contributed by atoms with van der Waals surface area (Å²) >= 11 is 0.933. The Kier molecular flexibility index (Phi) is 6.56. The van der Waals surface area contributed by atoms with E-state index >= 15 is 4.39 Å². The van der Waals surface area contributed by atoms with Crippen LogP contribution in [0.25, 0.3) is 32.2 Å². The number of nitrogens with zero attached hydrogens (tertiary/aromatic N) is 8. The van der Waals surface area contributed by atoms with E-state index < -0.39 is 11.6 Å². The summed E-state index contributed by atoms with van der Waals surface area (Å²) in [6.45, 7) is 3.50. The Morgan fingerprint density at radius 1 is 1.21 bits per heavy atom. The highest BCUT2D eigenvalue weighted by molar-refractivity contribution is 7.23. The SMILES string of the molecule is Cc1nc(CNc2nc(N3CCC(N(C)C)C3)nc3c(F)c(-c4ncc(F)c5sc(N)c(C#N)c45)c4c(c23)COC4)no1. The number of nitrogens with one attached hydrogen (secondary N) is 1. The number of nitrogens with two attached hydrogens (primary N) is 1. The summed E-state index contributed by atoms with van der Waals surface area (Å²) in [7, 11) is 4.04. The van der Waals surface area contributed by atoms with Gasteiger partial charge in [0.15, 0.2) is 17.5 Å². The average Bonchev–Trinajstić information content (AvgIpc) is 3.79. The summed E-state index contributed by atoms with van der Waals surface area (Å²) in [5.41, 5.74) is 7.63. The van der Waals surface area contributed by atoms with E-state index in [0.29, 0.717) is 53.1 Å². The Balaban J connectivity index is 1.48. The van der Waals surface area contributed by atoms with Crippen molar-refractivity contribution >= 4 is 49.1 Å². The molecule has 0 radical (unpaired) electrons. The number of pyridine rings is 1. The molecule has 2 aliphatic rings. The van der Waals surface area contributed by atoms with Crippen LogP contribution in [0.3, 0.4) is 0 Å². The maximum absolute atomic E-state index is 17.0. The van der Waals surface area contributed by atoms with Crippen molar-refractivity contribution in [2.75, 3.05) is 43.1 Å². The first-order chi connectivity index (χ1) is 20.7. The lowest BCUT2D eigenvalue weighted by atomic mass is 9.93. The Morgan fingerprint density at radius 3 is 2.74 bits per heavy atom. The molecule has 0 bridgehead atoms. The van der Waals surface area contributed by atoms with Gasteiger partial charge in [-0.1, -0.05) is 5.16 Å². The Hall–Kier alpha value is -4.52. The summed E-state index contributed by atoms with van der Waals surface area (Å²) < 4.78 is 42.9. The molecule has 1 unspecified atom stereocenters. The minimum absolute atomic E-state index is 0.0575. The van der Waals surface area contributed by atoms with Crippen molar-refractivity contribution in [1.82, 2.24) is 30.0 Å². The summed E-state index contributed by atoms with van der Waals surface area (Å²) in [5.74, 6) is 0.300. The molecular weight excluding hydrogens is 578 g/mol. The van der Waals surface area contributed by atoms with E-state index in [0.717, 1.165) is 24.0 Å². The van der Waals surface area contributed by atoms with Gasteiger partial charge in [0.1, 0.15) is 22.4 Å². The minimum Gasteiger partial charge on any atom is -0.389 e. The highest BCUT2D eigenvalue weighted by Gasteiger charge is 2.33. The number of aromatic nitrogens is 5. The fourth-order valence-corrected chi connectivity index (χ4v) is 6.77. The monoisotopic (exact) mass is 604 g/mol. The Bertz CT molecular complexity index is 1970. The lowest BCUT2D eigenvalue weighted by molar-refractivity contribution is 0.135. The van der Waals surface area contributed by atoms with Crippen LogP contribution in [0.15, 0.2) is 10.7 Å². The van der Waals surface area contributed by atoms with E-state index in [1.165, 1.54) is 0 Å². The fraction of sp³-hybridized carbons (Fsp3) is 0.357. The van der Waals surface area contributed by atoms with Crippen LogP contribution < -0.4 is 16.0 Å². The molecule has 0 saturated carbocycles. The number of benzene rings is 1. The Labute approximate surface area is 248 Å². The smallest absolute Gasteiger partial charge is 0.228 e. The van der Waals surface area contributed by atoms with Crippen molar-refractivity contribution in [3.05, 3.63) is 46.2 Å². The van der Waals surface area contributed by atoms with Crippen LogP contribution in [0.2, 0.25) is 0 Å². The molecule has 6 heterocycles. The number of nitriles is 1. The molecule has 0 aliphatic carbocycles. The van der Waals surface area contributed by atoms with Crippen molar-refractivity contribution in [1.29, 1.82) is 5.26 Å². The molecule has 5 aromatic rings. The van der Waals surface area contributed by atoms with Gasteiger partial charge in [-0.05, 0) is 31.6 Å². The van der Waals surface area contributed by atoms with Gasteiger partial charge in [-0.15, -0.1) is 11.3 Å². The first-order valence-electron chi connectivity index (χ1n) is 13.6. The molecule has 2 aliphatic heterocycles. The summed E-state index contributed by atoms with van der Waals surface area (Å²) in [4.78, 5) is 22.4. The topological polar surface area (TPSA) is 155 Å². The van der Waals surface area contributed by atoms with Crippen LogP contribution in [-0.4, -0.2) is 63.2 Å².